The van der Waals surface area contributed by atoms with E-state index in [1.165, 1.54) is 5.56 Å². The molecule has 0 heterocycles. The van der Waals surface area contributed by atoms with Gasteiger partial charge in [-0.15, -0.1) is 0 Å². The summed E-state index contributed by atoms with van der Waals surface area (Å²) in [6, 6.07) is 7.81. The zero-order valence-electron chi connectivity index (χ0n) is 11.9. The molecule has 0 radical (unpaired) electrons. The first-order chi connectivity index (χ1) is 9.17. The quantitative estimate of drug-likeness (QED) is 0.585. The van der Waals surface area contributed by atoms with Gasteiger partial charge in [0.15, 0.2) is 0 Å². The summed E-state index contributed by atoms with van der Waals surface area (Å²) in [6.07, 6.45) is 3.88. The van der Waals surface area contributed by atoms with E-state index in [0.717, 1.165) is 24.3 Å². The van der Waals surface area contributed by atoms with Crippen LogP contribution in [0.1, 0.15) is 25.3 Å². The van der Waals surface area contributed by atoms with Gasteiger partial charge in [0.1, 0.15) is 6.04 Å². The molecule has 0 spiro atoms. The molecule has 106 valence electrons. The molecule has 1 aromatic rings. The highest BCUT2D eigenvalue weighted by Crippen LogP contribution is 2.14. The largest absolute Gasteiger partial charge is 0.464 e. The van der Waals surface area contributed by atoms with Crippen molar-refractivity contribution >= 4 is 23.4 Å². The monoisotopic (exact) mass is 281 g/mol. The Morgan fingerprint density at radius 2 is 2.05 bits per heavy atom. The maximum absolute atomic E-state index is 11.9. The summed E-state index contributed by atoms with van der Waals surface area (Å²) < 4.78 is 5.12. The number of aryl methyl sites for hydroxylation is 1. The molecule has 1 unspecified atom stereocenters. The Morgan fingerprint density at radius 3 is 2.63 bits per heavy atom. The number of carbonyl (C=O) groups excluding carboxylic acids is 1. The van der Waals surface area contributed by atoms with Gasteiger partial charge in [0, 0.05) is 5.69 Å². The fraction of sp³-hybridized carbons (Fsp3) is 0.533. The third-order valence-electron chi connectivity index (χ3n) is 2.80. The molecule has 0 fully saturated rings. The predicted molar refractivity (Wildman–Crippen MR) is 82.8 cm³/mol. The minimum absolute atomic E-state index is 0.163. The highest BCUT2D eigenvalue weighted by molar-refractivity contribution is 7.98. The lowest BCUT2D eigenvalue weighted by molar-refractivity contribution is -0.144. The van der Waals surface area contributed by atoms with E-state index in [1.54, 1.807) is 11.8 Å². The number of benzene rings is 1. The molecule has 0 amide bonds. The summed E-state index contributed by atoms with van der Waals surface area (Å²) in [7, 11) is 0. The molecular formula is C15H23NO2S. The first kappa shape index (κ1) is 15.9. The van der Waals surface area contributed by atoms with Crippen molar-refractivity contribution in [3.05, 3.63) is 29.8 Å². The Labute approximate surface area is 120 Å². The van der Waals surface area contributed by atoms with Crippen LogP contribution in [-0.4, -0.2) is 30.6 Å². The first-order valence-electron chi connectivity index (χ1n) is 6.66. The van der Waals surface area contributed by atoms with Gasteiger partial charge in [-0.3, -0.25) is 0 Å². The van der Waals surface area contributed by atoms with Gasteiger partial charge in [-0.2, -0.15) is 11.8 Å². The van der Waals surface area contributed by atoms with Gasteiger partial charge < -0.3 is 10.1 Å². The maximum atomic E-state index is 11.9. The first-order valence-corrected chi connectivity index (χ1v) is 8.05. The summed E-state index contributed by atoms with van der Waals surface area (Å²) in [6.45, 7) is 4.31. The van der Waals surface area contributed by atoms with Gasteiger partial charge in [0.25, 0.3) is 0 Å². The second-order valence-corrected chi connectivity index (χ2v) is 5.44. The van der Waals surface area contributed by atoms with Crippen molar-refractivity contribution in [3.63, 3.8) is 0 Å². The van der Waals surface area contributed by atoms with Crippen LogP contribution in [-0.2, 0) is 9.53 Å². The molecule has 0 saturated heterocycles. The van der Waals surface area contributed by atoms with Gasteiger partial charge in [-0.05, 0) is 50.8 Å². The molecule has 0 aromatic heterocycles. The number of thioether (sulfide) groups is 1. The average Bonchev–Trinajstić information content (AvgIpc) is 2.40. The lowest BCUT2D eigenvalue weighted by atomic mass is 10.1. The van der Waals surface area contributed by atoms with Crippen LogP contribution in [0.4, 0.5) is 5.69 Å². The van der Waals surface area contributed by atoms with Crippen LogP contribution in [0.3, 0.4) is 0 Å². The summed E-state index contributed by atoms with van der Waals surface area (Å²) in [5, 5.41) is 3.27. The highest BCUT2D eigenvalue weighted by atomic mass is 32.2. The van der Waals surface area contributed by atoms with Gasteiger partial charge in [-0.25, -0.2) is 4.79 Å². The standard InChI is InChI=1S/C15H23NO2S/c1-4-18-15(17)14(6-5-11-19-3)16-13-9-7-12(2)8-10-13/h7-10,14,16H,4-6,11H2,1-3H3. The molecule has 4 heteroatoms. The van der Waals surface area contributed by atoms with Crippen LogP contribution >= 0.6 is 11.8 Å². The molecule has 19 heavy (non-hydrogen) atoms. The van der Waals surface area contributed by atoms with E-state index in [4.69, 9.17) is 4.74 Å². The summed E-state index contributed by atoms with van der Waals surface area (Å²) in [5.41, 5.74) is 2.17. The Balaban J connectivity index is 2.61. The third kappa shape index (κ3) is 6.01. The van der Waals surface area contributed by atoms with Gasteiger partial charge in [0.05, 0.1) is 6.61 Å². The van der Waals surface area contributed by atoms with Gasteiger partial charge >= 0.3 is 5.97 Å². The molecule has 0 bridgehead atoms. The lowest BCUT2D eigenvalue weighted by Crippen LogP contribution is -2.31. The van der Waals surface area contributed by atoms with E-state index in [1.807, 2.05) is 38.1 Å². The number of carbonyl (C=O) groups is 1. The molecule has 3 nitrogen and oxygen atoms in total. The molecule has 1 atom stereocenters. The summed E-state index contributed by atoms with van der Waals surface area (Å²) in [5.74, 6) is 0.898. The average molecular weight is 281 g/mol. The van der Waals surface area contributed by atoms with Crippen molar-refractivity contribution in [3.8, 4) is 0 Å². The second kappa shape index (κ2) is 8.86. The topological polar surface area (TPSA) is 38.3 Å². The summed E-state index contributed by atoms with van der Waals surface area (Å²) >= 11 is 1.80. The molecule has 0 aliphatic rings. The van der Waals surface area contributed by atoms with E-state index in [-0.39, 0.29) is 12.0 Å². The van der Waals surface area contributed by atoms with E-state index >= 15 is 0 Å². The molecule has 1 rings (SSSR count). The van der Waals surface area contributed by atoms with Crippen LogP contribution in [0, 0.1) is 6.92 Å². The molecule has 0 saturated carbocycles. The number of nitrogens with one attached hydrogen (secondary N) is 1. The van der Waals surface area contributed by atoms with Crippen molar-refractivity contribution in [2.24, 2.45) is 0 Å². The number of hydrogen-bond acceptors (Lipinski definition) is 4. The second-order valence-electron chi connectivity index (χ2n) is 4.45. The van der Waals surface area contributed by atoms with Crippen molar-refractivity contribution in [1.82, 2.24) is 0 Å². The van der Waals surface area contributed by atoms with E-state index in [2.05, 4.69) is 11.6 Å². The fourth-order valence-electron chi connectivity index (χ4n) is 1.77. The molecule has 0 aliphatic heterocycles. The van der Waals surface area contributed by atoms with Gasteiger partial charge in [0.2, 0.25) is 0 Å². The number of esters is 1. The zero-order valence-corrected chi connectivity index (χ0v) is 12.8. The Kier molecular flexibility index (Phi) is 7.41. The van der Waals surface area contributed by atoms with Crippen molar-refractivity contribution in [2.45, 2.75) is 32.7 Å². The molecule has 1 N–H and O–H groups in total. The van der Waals surface area contributed by atoms with E-state index in [0.29, 0.717) is 6.61 Å². The van der Waals surface area contributed by atoms with Crippen LogP contribution in [0.2, 0.25) is 0 Å². The predicted octanol–water partition coefficient (Wildman–Crippen LogP) is 3.48. The fourth-order valence-corrected chi connectivity index (χ4v) is 2.23. The lowest BCUT2D eigenvalue weighted by Gasteiger charge is -2.18. The third-order valence-corrected chi connectivity index (χ3v) is 3.50. The Bertz CT molecular complexity index is 378. The maximum Gasteiger partial charge on any atom is 0.328 e. The zero-order chi connectivity index (χ0) is 14.1. The minimum Gasteiger partial charge on any atom is -0.464 e. The number of rotatable bonds is 8. The molecular weight excluding hydrogens is 258 g/mol. The smallest absolute Gasteiger partial charge is 0.328 e. The van der Waals surface area contributed by atoms with Crippen LogP contribution in [0.15, 0.2) is 24.3 Å². The van der Waals surface area contributed by atoms with Crippen molar-refractivity contribution in [1.29, 1.82) is 0 Å². The van der Waals surface area contributed by atoms with Crippen LogP contribution < -0.4 is 5.32 Å². The van der Waals surface area contributed by atoms with Crippen molar-refractivity contribution < 1.29 is 9.53 Å². The Morgan fingerprint density at radius 1 is 1.37 bits per heavy atom. The summed E-state index contributed by atoms with van der Waals surface area (Å²) in [4.78, 5) is 11.9. The number of hydrogen-bond donors (Lipinski definition) is 1. The van der Waals surface area contributed by atoms with Crippen LogP contribution in [0.25, 0.3) is 0 Å². The molecule has 1 aromatic carbocycles. The van der Waals surface area contributed by atoms with Crippen molar-refractivity contribution in [2.75, 3.05) is 23.9 Å². The van der Waals surface area contributed by atoms with E-state index in [9.17, 15) is 4.79 Å². The number of ether oxygens (including phenoxy) is 1. The van der Waals surface area contributed by atoms with Gasteiger partial charge in [-0.1, -0.05) is 17.7 Å². The van der Waals surface area contributed by atoms with Crippen LogP contribution in [0.5, 0.6) is 0 Å². The highest BCUT2D eigenvalue weighted by Gasteiger charge is 2.18. The molecule has 0 aliphatic carbocycles. The normalized spacial score (nSPS) is 11.9. The number of anilines is 1. The van der Waals surface area contributed by atoms with E-state index < -0.39 is 0 Å². The Hall–Kier alpha value is -1.16. The SMILES string of the molecule is CCOC(=O)C(CCCSC)Nc1ccc(C)cc1. The minimum atomic E-state index is -0.255.